The van der Waals surface area contributed by atoms with Gasteiger partial charge in [0.25, 0.3) is 5.91 Å². The maximum Gasteiger partial charge on any atom is 0.410 e. The maximum absolute atomic E-state index is 12.5. The summed E-state index contributed by atoms with van der Waals surface area (Å²) in [5.41, 5.74) is 6.62. The lowest BCUT2D eigenvalue weighted by molar-refractivity contribution is 0.00838. The Balaban J connectivity index is 1.73. The summed E-state index contributed by atoms with van der Waals surface area (Å²) in [6, 6.07) is 7.22. The van der Waals surface area contributed by atoms with Gasteiger partial charge in [-0.2, -0.15) is 0 Å². The van der Waals surface area contributed by atoms with Crippen LogP contribution in [0.25, 0.3) is 0 Å². The summed E-state index contributed by atoms with van der Waals surface area (Å²) in [5.74, 6) is -0.426. The van der Waals surface area contributed by atoms with Crippen LogP contribution in [0.1, 0.15) is 43.2 Å². The smallest absolute Gasteiger partial charge is 0.410 e. The van der Waals surface area contributed by atoms with Crippen molar-refractivity contribution in [3.8, 4) is 0 Å². The van der Waals surface area contributed by atoms with Gasteiger partial charge in [-0.3, -0.25) is 4.79 Å². The Kier molecular flexibility index (Phi) is 12.0. The fourth-order valence-corrected chi connectivity index (χ4v) is 3.22. The largest absolute Gasteiger partial charge is 0.444 e. The average molecular weight is 568 g/mol. The van der Waals surface area contributed by atoms with Crippen LogP contribution in [0.2, 0.25) is 0 Å². The van der Waals surface area contributed by atoms with E-state index in [0.717, 1.165) is 5.56 Å². The number of nitrogen functional groups attached to an aromatic ring is 1. The van der Waals surface area contributed by atoms with Crippen molar-refractivity contribution < 1.29 is 28.9 Å². The van der Waals surface area contributed by atoms with Crippen LogP contribution in [-0.2, 0) is 20.8 Å². The van der Waals surface area contributed by atoms with E-state index in [2.05, 4.69) is 31.2 Å². The van der Waals surface area contributed by atoms with E-state index in [4.69, 9.17) is 25.1 Å². The first-order valence-corrected chi connectivity index (χ1v) is 12.3. The van der Waals surface area contributed by atoms with Crippen molar-refractivity contribution in [2.75, 3.05) is 50.6 Å². The van der Waals surface area contributed by atoms with Crippen LogP contribution in [0.4, 0.5) is 16.3 Å². The quantitative estimate of drug-likeness (QED) is 0.310. The Labute approximate surface area is 219 Å². The van der Waals surface area contributed by atoms with E-state index in [1.54, 1.807) is 39.0 Å². The minimum Gasteiger partial charge on any atom is -0.444 e. The number of nitrogens with two attached hydrogens (primary N) is 1. The van der Waals surface area contributed by atoms with Gasteiger partial charge in [0.2, 0.25) is 0 Å². The number of nitrogens with one attached hydrogen (secondary N) is 1. The molecule has 0 fully saturated rings. The summed E-state index contributed by atoms with van der Waals surface area (Å²) in [6.45, 7) is 7.49. The molecule has 0 bridgehead atoms. The number of benzene rings is 1. The van der Waals surface area contributed by atoms with Gasteiger partial charge >= 0.3 is 6.09 Å². The molecule has 2 rings (SSSR count). The predicted octanol–water partition coefficient (Wildman–Crippen LogP) is 3.23. The van der Waals surface area contributed by atoms with E-state index >= 15 is 0 Å². The molecule has 1 heterocycles. The lowest BCUT2D eigenvalue weighted by Gasteiger charge is -2.27. The van der Waals surface area contributed by atoms with Crippen LogP contribution in [0, 0.1) is 0 Å². The van der Waals surface area contributed by atoms with Gasteiger partial charge in [0, 0.05) is 25.4 Å². The molecule has 0 aliphatic rings. The van der Waals surface area contributed by atoms with E-state index in [1.807, 2.05) is 6.07 Å². The molecule has 0 spiro atoms. The van der Waals surface area contributed by atoms with Crippen molar-refractivity contribution >= 4 is 39.4 Å². The highest BCUT2D eigenvalue weighted by atomic mass is 79.9. The minimum absolute atomic E-state index is 0.00886. The lowest BCUT2D eigenvalue weighted by Crippen LogP contribution is -2.39. The van der Waals surface area contributed by atoms with Crippen LogP contribution in [0.15, 0.2) is 35.1 Å². The third-order valence-corrected chi connectivity index (χ3v) is 4.94. The number of anilines is 2. The van der Waals surface area contributed by atoms with Crippen molar-refractivity contribution in [1.29, 1.82) is 0 Å². The SMILES string of the molecule is CC(C)(C)OC(=O)N(CCCO)CCOCCOCc1cccc(NC(=O)c2nc(Br)cnc2N)c1. The number of hydrogen-bond donors (Lipinski definition) is 3. The molecule has 198 valence electrons. The zero-order valence-corrected chi connectivity index (χ0v) is 22.4. The number of halogens is 1. The number of carbonyl (C=O) groups excluding carboxylic acids is 2. The second kappa shape index (κ2) is 14.7. The summed E-state index contributed by atoms with van der Waals surface area (Å²) in [5, 5.41) is 11.8. The second-order valence-corrected chi connectivity index (χ2v) is 9.60. The molecular formula is C24H34BrN5O6. The summed E-state index contributed by atoms with van der Waals surface area (Å²) in [6.07, 6.45) is 1.45. The molecule has 11 nitrogen and oxygen atoms in total. The fourth-order valence-electron chi connectivity index (χ4n) is 2.94. The number of aromatic nitrogens is 2. The molecule has 1 aromatic heterocycles. The number of nitrogens with zero attached hydrogens (tertiary/aromatic N) is 3. The molecule has 1 aromatic carbocycles. The van der Waals surface area contributed by atoms with Gasteiger partial charge < -0.3 is 35.3 Å². The van der Waals surface area contributed by atoms with Gasteiger partial charge in [-0.1, -0.05) is 12.1 Å². The fraction of sp³-hybridized carbons (Fsp3) is 0.500. The van der Waals surface area contributed by atoms with Gasteiger partial charge in [0.05, 0.1) is 32.6 Å². The number of ether oxygens (including phenoxy) is 3. The maximum atomic E-state index is 12.5. The third kappa shape index (κ3) is 10.9. The van der Waals surface area contributed by atoms with Gasteiger partial charge in [0.1, 0.15) is 10.2 Å². The van der Waals surface area contributed by atoms with Crippen LogP contribution < -0.4 is 11.1 Å². The zero-order valence-electron chi connectivity index (χ0n) is 20.8. The van der Waals surface area contributed by atoms with Crippen molar-refractivity contribution in [3.63, 3.8) is 0 Å². The highest BCUT2D eigenvalue weighted by molar-refractivity contribution is 9.10. The molecule has 0 aliphatic carbocycles. The average Bonchev–Trinajstić information content (AvgIpc) is 2.81. The molecular weight excluding hydrogens is 534 g/mol. The van der Waals surface area contributed by atoms with Crippen molar-refractivity contribution in [2.45, 2.75) is 39.4 Å². The zero-order chi connectivity index (χ0) is 26.6. The van der Waals surface area contributed by atoms with E-state index in [9.17, 15) is 9.59 Å². The van der Waals surface area contributed by atoms with Gasteiger partial charge in [-0.25, -0.2) is 14.8 Å². The molecule has 0 atom stereocenters. The summed E-state index contributed by atoms with van der Waals surface area (Å²) in [4.78, 5) is 34.3. The molecule has 0 saturated heterocycles. The second-order valence-electron chi connectivity index (χ2n) is 8.79. The molecule has 0 radical (unpaired) electrons. The molecule has 0 unspecified atom stereocenters. The molecule has 2 aromatic rings. The normalized spacial score (nSPS) is 11.2. The number of carbonyl (C=O) groups is 2. The third-order valence-electron chi connectivity index (χ3n) is 4.56. The number of aliphatic hydroxyl groups is 1. The number of amides is 2. The van der Waals surface area contributed by atoms with Crippen molar-refractivity contribution in [2.24, 2.45) is 0 Å². The topological polar surface area (TPSA) is 149 Å². The molecule has 0 aliphatic heterocycles. The number of aliphatic hydroxyl groups excluding tert-OH is 1. The summed E-state index contributed by atoms with van der Waals surface area (Å²) >= 11 is 3.18. The summed E-state index contributed by atoms with van der Waals surface area (Å²) in [7, 11) is 0. The van der Waals surface area contributed by atoms with Gasteiger partial charge in [-0.15, -0.1) is 0 Å². The highest BCUT2D eigenvalue weighted by Gasteiger charge is 2.21. The monoisotopic (exact) mass is 567 g/mol. The summed E-state index contributed by atoms with van der Waals surface area (Å²) < 4.78 is 17.1. The van der Waals surface area contributed by atoms with E-state index in [-0.39, 0.29) is 18.1 Å². The van der Waals surface area contributed by atoms with Gasteiger partial charge in [0.15, 0.2) is 11.5 Å². The van der Waals surface area contributed by atoms with Crippen LogP contribution >= 0.6 is 15.9 Å². The standard InChI is InChI=1S/C24H34BrN5O6/c1-24(2,3)36-23(33)30(8-5-10-31)9-11-34-12-13-35-16-17-6-4-7-18(14-17)28-22(32)20-21(26)27-15-19(25)29-20/h4,6-7,14-15,31H,5,8-13,16H2,1-3H3,(H2,26,27)(H,28,32). The molecule has 2 amide bonds. The number of hydrogen-bond acceptors (Lipinski definition) is 9. The highest BCUT2D eigenvalue weighted by Crippen LogP contribution is 2.16. The Morgan fingerprint density at radius 1 is 1.17 bits per heavy atom. The molecule has 36 heavy (non-hydrogen) atoms. The van der Waals surface area contributed by atoms with Crippen LogP contribution in [0.3, 0.4) is 0 Å². The van der Waals surface area contributed by atoms with E-state index in [1.165, 1.54) is 11.1 Å². The van der Waals surface area contributed by atoms with Crippen molar-refractivity contribution in [3.05, 3.63) is 46.3 Å². The lowest BCUT2D eigenvalue weighted by atomic mass is 10.2. The minimum atomic E-state index is -0.594. The Hall–Kier alpha value is -2.80. The Morgan fingerprint density at radius 2 is 1.92 bits per heavy atom. The Morgan fingerprint density at radius 3 is 2.64 bits per heavy atom. The van der Waals surface area contributed by atoms with Gasteiger partial charge in [-0.05, 0) is 60.8 Å². The van der Waals surface area contributed by atoms with Crippen molar-refractivity contribution in [1.82, 2.24) is 14.9 Å². The van der Waals surface area contributed by atoms with Crippen LogP contribution in [0.5, 0.6) is 0 Å². The Bertz CT molecular complexity index is 1000. The molecule has 12 heteroatoms. The van der Waals surface area contributed by atoms with Crippen LogP contribution in [-0.4, -0.2) is 77.1 Å². The number of rotatable bonds is 13. The molecule has 4 N–H and O–H groups in total. The van der Waals surface area contributed by atoms with E-state index < -0.39 is 17.6 Å². The first-order valence-electron chi connectivity index (χ1n) is 11.5. The first kappa shape index (κ1) is 29.4. The molecule has 0 saturated carbocycles. The van der Waals surface area contributed by atoms with E-state index in [0.29, 0.717) is 56.2 Å². The predicted molar refractivity (Wildman–Crippen MR) is 139 cm³/mol. The first-order chi connectivity index (χ1) is 17.1.